The highest BCUT2D eigenvalue weighted by molar-refractivity contribution is 6.06. The molecule has 3 nitrogen and oxygen atoms in total. The average molecular weight is 199 g/mol. The van der Waals surface area contributed by atoms with Gasteiger partial charge in [0.25, 0.3) is 0 Å². The summed E-state index contributed by atoms with van der Waals surface area (Å²) in [4.78, 5) is 3.31. The molecule has 2 heterocycles. The van der Waals surface area contributed by atoms with Gasteiger partial charge in [-0.05, 0) is 23.6 Å². The lowest BCUT2D eigenvalue weighted by Crippen LogP contribution is -1.83. The van der Waals surface area contributed by atoms with Crippen molar-refractivity contribution in [1.82, 2.24) is 15.2 Å². The Morgan fingerprint density at radius 3 is 2.80 bits per heavy atom. The average Bonchev–Trinajstić information content (AvgIpc) is 2.82. The Labute approximate surface area is 87.5 Å². The normalized spacial score (nSPS) is 11.9. The topological polar surface area (TPSA) is 44.5 Å². The van der Waals surface area contributed by atoms with Gasteiger partial charge in [-0.15, -0.1) is 0 Å². The predicted octanol–water partition coefficient (Wildman–Crippen LogP) is 3.17. The van der Waals surface area contributed by atoms with E-state index in [0.717, 1.165) is 5.52 Å². The molecule has 0 aliphatic rings. The minimum absolute atomic E-state index is 0.527. The second kappa shape index (κ2) is 2.86. The molecule has 0 unspecified atom stereocenters. The van der Waals surface area contributed by atoms with Crippen molar-refractivity contribution in [3.8, 4) is 0 Å². The molecule has 0 aliphatic carbocycles. The summed E-state index contributed by atoms with van der Waals surface area (Å²) in [6.07, 6.45) is 4.00. The predicted molar refractivity (Wildman–Crippen MR) is 62.0 cm³/mol. The third-order valence-corrected chi connectivity index (χ3v) is 2.92. The SMILES string of the molecule is CC(C)c1c[nH]c2ccc3[nH]ncc3c12. The second-order valence-corrected chi connectivity index (χ2v) is 4.22. The third kappa shape index (κ3) is 1.09. The number of nitrogens with one attached hydrogen (secondary N) is 2. The van der Waals surface area contributed by atoms with Crippen LogP contribution in [0.15, 0.2) is 24.5 Å². The highest BCUT2D eigenvalue weighted by Gasteiger charge is 2.10. The van der Waals surface area contributed by atoms with Gasteiger partial charge < -0.3 is 4.98 Å². The Balaban J connectivity index is 2.52. The second-order valence-electron chi connectivity index (χ2n) is 4.22. The highest BCUT2D eigenvalue weighted by Crippen LogP contribution is 2.30. The van der Waals surface area contributed by atoms with Gasteiger partial charge >= 0.3 is 0 Å². The Hall–Kier alpha value is -1.77. The zero-order chi connectivity index (χ0) is 10.4. The molecule has 0 atom stereocenters. The first-order valence-electron chi connectivity index (χ1n) is 5.20. The van der Waals surface area contributed by atoms with Crippen LogP contribution in [0.4, 0.5) is 0 Å². The van der Waals surface area contributed by atoms with Crippen LogP contribution in [-0.2, 0) is 0 Å². The Bertz CT molecular complexity index is 616. The maximum absolute atomic E-state index is 4.09. The van der Waals surface area contributed by atoms with Crippen LogP contribution in [0.25, 0.3) is 21.8 Å². The van der Waals surface area contributed by atoms with Crippen LogP contribution in [0.2, 0.25) is 0 Å². The van der Waals surface area contributed by atoms with Crippen LogP contribution in [0, 0.1) is 0 Å². The molecule has 0 spiro atoms. The molecule has 2 aromatic heterocycles. The quantitative estimate of drug-likeness (QED) is 0.621. The zero-order valence-corrected chi connectivity index (χ0v) is 8.83. The van der Waals surface area contributed by atoms with Crippen molar-refractivity contribution in [3.63, 3.8) is 0 Å². The molecule has 0 fully saturated rings. The van der Waals surface area contributed by atoms with Crippen molar-refractivity contribution < 1.29 is 0 Å². The van der Waals surface area contributed by atoms with Crippen molar-refractivity contribution in [1.29, 1.82) is 0 Å². The lowest BCUT2D eigenvalue weighted by molar-refractivity contribution is 0.876. The number of aromatic nitrogens is 3. The van der Waals surface area contributed by atoms with Crippen molar-refractivity contribution >= 4 is 21.8 Å². The third-order valence-electron chi connectivity index (χ3n) is 2.92. The van der Waals surface area contributed by atoms with E-state index in [1.165, 1.54) is 21.9 Å². The lowest BCUT2D eigenvalue weighted by Gasteiger charge is -2.02. The van der Waals surface area contributed by atoms with Gasteiger partial charge in [-0.2, -0.15) is 5.10 Å². The minimum Gasteiger partial charge on any atom is -0.361 e. The van der Waals surface area contributed by atoms with Gasteiger partial charge in [0.15, 0.2) is 0 Å². The van der Waals surface area contributed by atoms with Crippen LogP contribution in [0.5, 0.6) is 0 Å². The molecular weight excluding hydrogens is 186 g/mol. The summed E-state index contributed by atoms with van der Waals surface area (Å²) in [5.41, 5.74) is 3.65. The van der Waals surface area contributed by atoms with Crippen molar-refractivity contribution in [2.75, 3.05) is 0 Å². The largest absolute Gasteiger partial charge is 0.361 e. The molecule has 0 saturated carbocycles. The molecule has 3 heteroatoms. The van der Waals surface area contributed by atoms with Crippen LogP contribution in [0.1, 0.15) is 25.3 Å². The molecule has 15 heavy (non-hydrogen) atoms. The number of hydrogen-bond acceptors (Lipinski definition) is 1. The standard InChI is InChI=1S/C12H13N3/c1-7(2)8-5-13-11-4-3-10-9(12(8)11)6-14-15-10/h3-7,13H,1-2H3,(H,14,15). The maximum atomic E-state index is 4.09. The molecule has 0 aliphatic heterocycles. The highest BCUT2D eigenvalue weighted by atomic mass is 15.1. The molecule has 3 rings (SSSR count). The molecule has 2 N–H and O–H groups in total. The number of benzene rings is 1. The number of hydrogen-bond donors (Lipinski definition) is 2. The first-order chi connectivity index (χ1) is 7.27. The Kier molecular flexibility index (Phi) is 1.63. The van der Waals surface area contributed by atoms with E-state index >= 15 is 0 Å². The monoisotopic (exact) mass is 199 g/mol. The van der Waals surface area contributed by atoms with Crippen LogP contribution < -0.4 is 0 Å². The fourth-order valence-corrected chi connectivity index (χ4v) is 2.13. The Morgan fingerprint density at radius 1 is 1.20 bits per heavy atom. The van der Waals surface area contributed by atoms with E-state index < -0.39 is 0 Å². The molecule has 3 aromatic rings. The van der Waals surface area contributed by atoms with E-state index in [2.05, 4.69) is 47.4 Å². The number of nitrogens with zero attached hydrogens (tertiary/aromatic N) is 1. The minimum atomic E-state index is 0.527. The Morgan fingerprint density at radius 2 is 2.00 bits per heavy atom. The fraction of sp³-hybridized carbons (Fsp3) is 0.250. The summed E-state index contributed by atoms with van der Waals surface area (Å²) in [6.45, 7) is 4.42. The van der Waals surface area contributed by atoms with Crippen molar-refractivity contribution in [2.24, 2.45) is 0 Å². The van der Waals surface area contributed by atoms with Gasteiger partial charge in [-0.25, -0.2) is 0 Å². The van der Waals surface area contributed by atoms with E-state index in [-0.39, 0.29) is 0 Å². The molecule has 0 bridgehead atoms. The summed E-state index contributed by atoms with van der Waals surface area (Å²) in [7, 11) is 0. The molecule has 0 amide bonds. The van der Waals surface area contributed by atoms with E-state index in [9.17, 15) is 0 Å². The molecular formula is C12H13N3. The molecule has 1 aromatic carbocycles. The van der Waals surface area contributed by atoms with Crippen LogP contribution in [-0.4, -0.2) is 15.2 Å². The van der Waals surface area contributed by atoms with E-state index in [1.54, 1.807) is 0 Å². The van der Waals surface area contributed by atoms with Crippen molar-refractivity contribution in [3.05, 3.63) is 30.1 Å². The maximum Gasteiger partial charge on any atom is 0.0658 e. The fourth-order valence-electron chi connectivity index (χ4n) is 2.13. The lowest BCUT2D eigenvalue weighted by atomic mass is 10.0. The van der Waals surface area contributed by atoms with E-state index in [4.69, 9.17) is 0 Å². The number of aromatic amines is 2. The molecule has 0 saturated heterocycles. The number of H-pyrrole nitrogens is 2. The summed E-state index contributed by atoms with van der Waals surface area (Å²) in [5.74, 6) is 0.527. The summed E-state index contributed by atoms with van der Waals surface area (Å²) < 4.78 is 0. The van der Waals surface area contributed by atoms with Gasteiger partial charge in [-0.3, -0.25) is 5.10 Å². The van der Waals surface area contributed by atoms with Gasteiger partial charge in [0.2, 0.25) is 0 Å². The van der Waals surface area contributed by atoms with Crippen molar-refractivity contribution in [2.45, 2.75) is 19.8 Å². The summed E-state index contributed by atoms with van der Waals surface area (Å²) >= 11 is 0. The van der Waals surface area contributed by atoms with Gasteiger partial charge in [0.05, 0.1) is 11.7 Å². The molecule has 0 radical (unpaired) electrons. The van der Waals surface area contributed by atoms with E-state index in [1.807, 2.05) is 6.20 Å². The smallest absolute Gasteiger partial charge is 0.0658 e. The molecule has 76 valence electrons. The van der Waals surface area contributed by atoms with Gasteiger partial charge in [-0.1, -0.05) is 13.8 Å². The van der Waals surface area contributed by atoms with Gasteiger partial charge in [0, 0.05) is 22.5 Å². The van der Waals surface area contributed by atoms with Gasteiger partial charge in [0.1, 0.15) is 0 Å². The van der Waals surface area contributed by atoms with E-state index in [0.29, 0.717) is 5.92 Å². The van der Waals surface area contributed by atoms with Crippen LogP contribution >= 0.6 is 0 Å². The summed E-state index contributed by atoms with van der Waals surface area (Å²) in [5, 5.41) is 9.60. The number of fused-ring (bicyclic) bond motifs is 3. The zero-order valence-electron chi connectivity index (χ0n) is 8.83. The summed E-state index contributed by atoms with van der Waals surface area (Å²) in [6, 6.07) is 4.16. The number of rotatable bonds is 1. The first-order valence-corrected chi connectivity index (χ1v) is 5.20. The first kappa shape index (κ1) is 8.53. The van der Waals surface area contributed by atoms with Crippen LogP contribution in [0.3, 0.4) is 0 Å².